The highest BCUT2D eigenvalue weighted by Gasteiger charge is 2.37. The zero-order valence-electron chi connectivity index (χ0n) is 20.5. The number of halogens is 2. The number of para-hydroxylation sites is 1. The van der Waals surface area contributed by atoms with E-state index in [4.69, 9.17) is 21.1 Å². The summed E-state index contributed by atoms with van der Waals surface area (Å²) >= 11 is 9.41. The van der Waals surface area contributed by atoms with E-state index >= 15 is 0 Å². The van der Waals surface area contributed by atoms with Gasteiger partial charge in [-0.3, -0.25) is 29.8 Å². The summed E-state index contributed by atoms with van der Waals surface area (Å²) in [6, 6.07) is 13.4. The Morgan fingerprint density at radius 3 is 2.50 bits per heavy atom. The van der Waals surface area contributed by atoms with Gasteiger partial charge in [0, 0.05) is 12.1 Å². The van der Waals surface area contributed by atoms with Crippen LogP contribution >= 0.6 is 27.5 Å². The third kappa shape index (κ3) is 6.11. The standard InChI is InChI=1S/C26H18BrClN4O8/c1-39-21-12-14(11-18(27)23(21)40-13-22(33)29-20-5-3-2-4-19(20)28)10-17-24(34)30-26(36)31(25(17)35)15-6-8-16(9-7-15)32(37)38/h2-12H,13H2,1H3,(H,29,33)(H,30,34,36)/b17-10-. The fraction of sp³-hybridized carbons (Fsp3) is 0.0769. The SMILES string of the molecule is COc1cc(/C=C2/C(=O)NC(=O)N(c3ccc([N+](=O)[O-])cc3)C2=O)cc(Br)c1OCC(=O)Nc1ccccc1Cl. The van der Waals surface area contributed by atoms with Gasteiger partial charge in [-0.1, -0.05) is 23.7 Å². The molecule has 3 aromatic carbocycles. The minimum atomic E-state index is -1.00. The van der Waals surface area contributed by atoms with Crippen molar-refractivity contribution < 1.29 is 33.6 Å². The molecule has 0 aromatic heterocycles. The molecule has 1 heterocycles. The number of barbiturate groups is 1. The molecule has 40 heavy (non-hydrogen) atoms. The average molecular weight is 630 g/mol. The second kappa shape index (κ2) is 12.0. The van der Waals surface area contributed by atoms with Crippen molar-refractivity contribution >= 4 is 74.4 Å². The number of non-ortho nitro benzene ring substituents is 1. The van der Waals surface area contributed by atoms with Gasteiger partial charge in [0.05, 0.1) is 32.9 Å². The Balaban J connectivity index is 1.56. The minimum absolute atomic E-state index is 0.0316. The summed E-state index contributed by atoms with van der Waals surface area (Å²) in [7, 11) is 1.36. The number of ether oxygens (including phenoxy) is 2. The van der Waals surface area contributed by atoms with E-state index < -0.39 is 28.7 Å². The maximum atomic E-state index is 13.1. The summed E-state index contributed by atoms with van der Waals surface area (Å²) in [5, 5.41) is 16.0. The molecule has 0 unspecified atom stereocenters. The summed E-state index contributed by atoms with van der Waals surface area (Å²) < 4.78 is 11.4. The Labute approximate surface area is 239 Å². The monoisotopic (exact) mass is 628 g/mol. The van der Waals surface area contributed by atoms with Crippen molar-refractivity contribution in [3.8, 4) is 11.5 Å². The van der Waals surface area contributed by atoms with Crippen molar-refractivity contribution in [2.45, 2.75) is 0 Å². The first-order chi connectivity index (χ1) is 19.1. The molecule has 1 fully saturated rings. The molecule has 14 heteroatoms. The molecular weight excluding hydrogens is 612 g/mol. The second-order valence-electron chi connectivity index (χ2n) is 8.08. The summed E-state index contributed by atoms with van der Waals surface area (Å²) in [5.41, 5.74) is 0.167. The number of carbonyl (C=O) groups excluding carboxylic acids is 4. The lowest BCUT2D eigenvalue weighted by molar-refractivity contribution is -0.384. The lowest BCUT2D eigenvalue weighted by atomic mass is 10.1. The summed E-state index contributed by atoms with van der Waals surface area (Å²) in [4.78, 5) is 61.5. The molecule has 204 valence electrons. The van der Waals surface area contributed by atoms with E-state index in [1.54, 1.807) is 24.3 Å². The number of hydrogen-bond donors (Lipinski definition) is 2. The molecule has 1 aliphatic heterocycles. The number of anilines is 2. The second-order valence-corrected chi connectivity index (χ2v) is 9.34. The Hall–Kier alpha value is -4.75. The summed E-state index contributed by atoms with van der Waals surface area (Å²) in [6.07, 6.45) is 1.24. The van der Waals surface area contributed by atoms with Crippen LogP contribution in [0.3, 0.4) is 0 Å². The van der Waals surface area contributed by atoms with Crippen LogP contribution in [0, 0.1) is 10.1 Å². The maximum absolute atomic E-state index is 13.1. The van der Waals surface area contributed by atoms with Gasteiger partial charge in [-0.05, 0) is 64.0 Å². The van der Waals surface area contributed by atoms with Crippen LogP contribution in [0.25, 0.3) is 6.08 Å². The largest absolute Gasteiger partial charge is 0.493 e. The quantitative estimate of drug-likeness (QED) is 0.157. The number of nitro groups is 1. The number of nitro benzene ring substituents is 1. The van der Waals surface area contributed by atoms with Crippen molar-refractivity contribution in [2.24, 2.45) is 0 Å². The van der Waals surface area contributed by atoms with E-state index in [2.05, 4.69) is 26.6 Å². The number of benzene rings is 3. The lowest BCUT2D eigenvalue weighted by Crippen LogP contribution is -2.54. The van der Waals surface area contributed by atoms with Crippen molar-refractivity contribution in [1.82, 2.24) is 5.32 Å². The van der Waals surface area contributed by atoms with E-state index in [9.17, 15) is 29.3 Å². The van der Waals surface area contributed by atoms with E-state index in [-0.39, 0.29) is 35.1 Å². The Morgan fingerprint density at radius 2 is 1.85 bits per heavy atom. The molecule has 0 radical (unpaired) electrons. The number of rotatable bonds is 8. The van der Waals surface area contributed by atoms with Crippen LogP contribution in [0.4, 0.5) is 21.9 Å². The maximum Gasteiger partial charge on any atom is 0.335 e. The van der Waals surface area contributed by atoms with Crippen molar-refractivity contribution in [1.29, 1.82) is 0 Å². The predicted octanol–water partition coefficient (Wildman–Crippen LogP) is 4.70. The highest BCUT2D eigenvalue weighted by atomic mass is 79.9. The number of amides is 5. The molecule has 4 rings (SSSR count). The Morgan fingerprint density at radius 1 is 1.15 bits per heavy atom. The predicted molar refractivity (Wildman–Crippen MR) is 148 cm³/mol. The van der Waals surface area contributed by atoms with Gasteiger partial charge in [-0.25, -0.2) is 9.69 Å². The third-order valence-electron chi connectivity index (χ3n) is 5.48. The number of carbonyl (C=O) groups is 4. The number of methoxy groups -OCH3 is 1. The molecule has 2 N–H and O–H groups in total. The number of imide groups is 2. The van der Waals surface area contributed by atoms with Gasteiger partial charge in [0.15, 0.2) is 18.1 Å². The third-order valence-corrected chi connectivity index (χ3v) is 6.40. The number of nitrogens with one attached hydrogen (secondary N) is 2. The smallest absolute Gasteiger partial charge is 0.335 e. The summed E-state index contributed by atoms with van der Waals surface area (Å²) in [5.74, 6) is -1.98. The molecule has 0 spiro atoms. The van der Waals surface area contributed by atoms with E-state index in [0.29, 0.717) is 25.6 Å². The van der Waals surface area contributed by atoms with Gasteiger partial charge in [0.25, 0.3) is 23.4 Å². The summed E-state index contributed by atoms with van der Waals surface area (Å²) in [6.45, 7) is -0.381. The molecule has 1 aliphatic rings. The molecule has 0 bridgehead atoms. The fourth-order valence-electron chi connectivity index (χ4n) is 3.63. The van der Waals surface area contributed by atoms with Crippen LogP contribution in [0.1, 0.15) is 5.56 Å². The van der Waals surface area contributed by atoms with Gasteiger partial charge in [0.2, 0.25) is 0 Å². The van der Waals surface area contributed by atoms with Gasteiger partial charge in [0.1, 0.15) is 5.57 Å². The van der Waals surface area contributed by atoms with Crippen LogP contribution in [0.15, 0.2) is 70.7 Å². The van der Waals surface area contributed by atoms with E-state index in [0.717, 1.165) is 12.1 Å². The molecular formula is C26H18BrClN4O8. The highest BCUT2D eigenvalue weighted by molar-refractivity contribution is 9.10. The molecule has 1 saturated heterocycles. The van der Waals surface area contributed by atoms with Gasteiger partial charge in [-0.15, -0.1) is 0 Å². The molecule has 12 nitrogen and oxygen atoms in total. The number of urea groups is 1. The Kier molecular flexibility index (Phi) is 8.46. The Bertz CT molecular complexity index is 1580. The van der Waals surface area contributed by atoms with Crippen LogP contribution in [-0.2, 0) is 14.4 Å². The van der Waals surface area contributed by atoms with Crippen LogP contribution in [-0.4, -0.2) is 42.4 Å². The van der Waals surface area contributed by atoms with Crippen molar-refractivity contribution in [3.05, 3.63) is 91.4 Å². The highest BCUT2D eigenvalue weighted by Crippen LogP contribution is 2.37. The van der Waals surface area contributed by atoms with E-state index in [1.807, 2.05) is 0 Å². The van der Waals surface area contributed by atoms with Gasteiger partial charge in [-0.2, -0.15) is 0 Å². The first-order valence-electron chi connectivity index (χ1n) is 11.3. The average Bonchev–Trinajstić information content (AvgIpc) is 2.91. The zero-order valence-corrected chi connectivity index (χ0v) is 22.8. The normalized spacial score (nSPS) is 14.1. The molecule has 5 amide bonds. The minimum Gasteiger partial charge on any atom is -0.493 e. The molecule has 0 saturated carbocycles. The first-order valence-corrected chi connectivity index (χ1v) is 12.5. The number of nitrogens with zero attached hydrogens (tertiary/aromatic N) is 2. The molecule has 0 aliphatic carbocycles. The topological polar surface area (TPSA) is 157 Å². The van der Waals surface area contributed by atoms with Crippen LogP contribution in [0.2, 0.25) is 5.02 Å². The van der Waals surface area contributed by atoms with Crippen molar-refractivity contribution in [2.75, 3.05) is 23.9 Å². The van der Waals surface area contributed by atoms with Crippen molar-refractivity contribution in [3.63, 3.8) is 0 Å². The first kappa shape index (κ1) is 28.3. The van der Waals surface area contributed by atoms with Crippen LogP contribution < -0.4 is 25.0 Å². The molecule has 0 atom stereocenters. The zero-order chi connectivity index (χ0) is 29.0. The molecule has 3 aromatic rings. The van der Waals surface area contributed by atoms with Gasteiger partial charge < -0.3 is 14.8 Å². The van der Waals surface area contributed by atoms with Crippen LogP contribution in [0.5, 0.6) is 11.5 Å². The van der Waals surface area contributed by atoms with E-state index in [1.165, 1.54) is 37.5 Å². The number of hydrogen-bond acceptors (Lipinski definition) is 8. The van der Waals surface area contributed by atoms with Gasteiger partial charge >= 0.3 is 6.03 Å². The fourth-order valence-corrected chi connectivity index (χ4v) is 4.39. The lowest BCUT2D eigenvalue weighted by Gasteiger charge is -2.26.